The highest BCUT2D eigenvalue weighted by molar-refractivity contribution is 6.24. The number of hydrogen-bond donors (Lipinski definition) is 1. The summed E-state index contributed by atoms with van der Waals surface area (Å²) >= 11 is 0. The maximum atomic E-state index is 12.8. The summed E-state index contributed by atoms with van der Waals surface area (Å²) in [6.45, 7) is 4.07. The topological polar surface area (TPSA) is 55.4 Å². The van der Waals surface area contributed by atoms with Crippen LogP contribution in [-0.4, -0.2) is 19.0 Å². The predicted octanol–water partition coefficient (Wildman–Crippen LogP) is 5.02. The van der Waals surface area contributed by atoms with Gasteiger partial charge in [0.2, 0.25) is 0 Å². The highest BCUT2D eigenvalue weighted by Gasteiger charge is 2.30. The zero-order valence-corrected chi connectivity index (χ0v) is 15.6. The third-order valence-electron chi connectivity index (χ3n) is 4.01. The summed E-state index contributed by atoms with van der Waals surface area (Å²) in [6, 6.07) is 11.4. The van der Waals surface area contributed by atoms with Crippen LogP contribution in [0.1, 0.15) is 36.5 Å². The van der Waals surface area contributed by atoms with Crippen molar-refractivity contribution >= 4 is 23.6 Å². The third-order valence-corrected chi connectivity index (χ3v) is 4.01. The number of benzene rings is 2. The summed E-state index contributed by atoms with van der Waals surface area (Å²) in [4.78, 5) is 24.5. The Morgan fingerprint density at radius 1 is 1.07 bits per heavy atom. The summed E-state index contributed by atoms with van der Waals surface area (Å²) in [5.74, 6) is -1.43. The van der Waals surface area contributed by atoms with Gasteiger partial charge in [-0.25, -0.2) is 4.79 Å². The van der Waals surface area contributed by atoms with E-state index in [1.807, 2.05) is 26.0 Å². The molecule has 0 radical (unpaired) electrons. The van der Waals surface area contributed by atoms with Crippen LogP contribution >= 0.6 is 0 Å². The zero-order valence-electron chi connectivity index (χ0n) is 15.6. The minimum absolute atomic E-state index is 0.0789. The molecule has 1 N–H and O–H groups in total. The molecule has 0 fully saturated rings. The first kappa shape index (κ1) is 21.2. The molecule has 0 aromatic heterocycles. The summed E-state index contributed by atoms with van der Waals surface area (Å²) in [7, 11) is 1.12. The van der Waals surface area contributed by atoms with E-state index in [0.29, 0.717) is 11.5 Å². The van der Waals surface area contributed by atoms with Gasteiger partial charge in [0.15, 0.2) is 0 Å². The Labute approximate surface area is 161 Å². The van der Waals surface area contributed by atoms with Crippen molar-refractivity contribution in [3.8, 4) is 0 Å². The Hall–Kier alpha value is -3.09. The molecule has 0 unspecified atom stereocenters. The Balaban J connectivity index is 2.30. The van der Waals surface area contributed by atoms with Crippen molar-refractivity contribution in [1.29, 1.82) is 0 Å². The Kier molecular flexibility index (Phi) is 6.62. The Morgan fingerprint density at radius 2 is 1.71 bits per heavy atom. The number of carbonyl (C=O) groups excluding carboxylic acids is 2. The van der Waals surface area contributed by atoms with E-state index in [4.69, 9.17) is 0 Å². The molecule has 0 saturated heterocycles. The fourth-order valence-corrected chi connectivity index (χ4v) is 2.44. The smallest absolute Gasteiger partial charge is 0.416 e. The quantitative estimate of drug-likeness (QED) is 0.337. The lowest BCUT2D eigenvalue weighted by molar-refractivity contribution is -0.138. The molecule has 0 spiro atoms. The average molecular weight is 391 g/mol. The van der Waals surface area contributed by atoms with Gasteiger partial charge in [-0.2, -0.15) is 13.2 Å². The van der Waals surface area contributed by atoms with Crippen molar-refractivity contribution < 1.29 is 27.5 Å². The van der Waals surface area contributed by atoms with Crippen LogP contribution in [0.3, 0.4) is 0 Å². The second-order valence-corrected chi connectivity index (χ2v) is 6.40. The third kappa shape index (κ3) is 5.45. The van der Waals surface area contributed by atoms with Crippen LogP contribution in [0.5, 0.6) is 0 Å². The molecule has 1 amide bonds. The number of alkyl halides is 3. The van der Waals surface area contributed by atoms with Crippen LogP contribution in [0.25, 0.3) is 6.08 Å². The highest BCUT2D eigenvalue weighted by Crippen LogP contribution is 2.30. The van der Waals surface area contributed by atoms with Crippen LogP contribution in [0.15, 0.2) is 54.1 Å². The molecule has 2 aromatic carbocycles. The van der Waals surface area contributed by atoms with Gasteiger partial charge in [-0.15, -0.1) is 0 Å². The van der Waals surface area contributed by atoms with Crippen molar-refractivity contribution in [1.82, 2.24) is 0 Å². The molecule has 28 heavy (non-hydrogen) atoms. The second-order valence-electron chi connectivity index (χ2n) is 6.40. The van der Waals surface area contributed by atoms with Crippen LogP contribution in [0.4, 0.5) is 18.9 Å². The first-order valence-electron chi connectivity index (χ1n) is 8.50. The number of anilines is 1. The second kappa shape index (κ2) is 8.73. The number of hydrogen-bond acceptors (Lipinski definition) is 3. The van der Waals surface area contributed by atoms with E-state index in [9.17, 15) is 22.8 Å². The molecule has 4 nitrogen and oxygen atoms in total. The van der Waals surface area contributed by atoms with Crippen LogP contribution in [0.2, 0.25) is 0 Å². The van der Waals surface area contributed by atoms with Crippen molar-refractivity contribution in [2.24, 2.45) is 0 Å². The predicted molar refractivity (Wildman–Crippen MR) is 101 cm³/mol. The number of ether oxygens (including phenoxy) is 1. The fourth-order valence-electron chi connectivity index (χ4n) is 2.44. The van der Waals surface area contributed by atoms with Gasteiger partial charge in [-0.1, -0.05) is 44.2 Å². The number of nitrogens with one attached hydrogen (secondary N) is 1. The van der Waals surface area contributed by atoms with E-state index in [-0.39, 0.29) is 11.3 Å². The van der Waals surface area contributed by atoms with Crippen molar-refractivity contribution in [2.45, 2.75) is 25.9 Å². The Morgan fingerprint density at radius 3 is 2.25 bits per heavy atom. The molecule has 0 bridgehead atoms. The summed E-state index contributed by atoms with van der Waals surface area (Å²) < 4.78 is 43.1. The lowest BCUT2D eigenvalue weighted by atomic mass is 10.0. The largest absolute Gasteiger partial charge is 0.465 e. The van der Waals surface area contributed by atoms with Gasteiger partial charge in [0.25, 0.3) is 5.91 Å². The Bertz CT molecular complexity index is 885. The van der Waals surface area contributed by atoms with E-state index in [2.05, 4.69) is 10.1 Å². The van der Waals surface area contributed by atoms with E-state index < -0.39 is 23.6 Å². The molecule has 2 rings (SSSR count). The van der Waals surface area contributed by atoms with Crippen molar-refractivity contribution in [3.63, 3.8) is 0 Å². The van der Waals surface area contributed by atoms with Crippen LogP contribution in [0, 0.1) is 0 Å². The minimum atomic E-state index is -4.54. The molecular weight excluding hydrogens is 371 g/mol. The summed E-state index contributed by atoms with van der Waals surface area (Å²) in [5, 5.41) is 2.31. The van der Waals surface area contributed by atoms with Crippen LogP contribution < -0.4 is 5.32 Å². The molecule has 7 heteroatoms. The number of esters is 1. The minimum Gasteiger partial charge on any atom is -0.465 e. The van der Waals surface area contributed by atoms with E-state index in [0.717, 1.165) is 24.8 Å². The van der Waals surface area contributed by atoms with Gasteiger partial charge in [0.1, 0.15) is 5.57 Å². The number of carbonyl (C=O) groups is 2. The molecular formula is C21H20F3NO3. The fraction of sp³-hybridized carbons (Fsp3) is 0.238. The van der Waals surface area contributed by atoms with E-state index in [1.54, 1.807) is 12.1 Å². The lowest BCUT2D eigenvalue weighted by Gasteiger charge is -2.11. The van der Waals surface area contributed by atoms with Gasteiger partial charge < -0.3 is 10.1 Å². The first-order chi connectivity index (χ1) is 13.1. The molecule has 0 aliphatic carbocycles. The molecule has 0 saturated carbocycles. The van der Waals surface area contributed by atoms with Gasteiger partial charge in [-0.05, 0) is 41.3 Å². The lowest BCUT2D eigenvalue weighted by Crippen LogP contribution is -2.21. The van der Waals surface area contributed by atoms with Gasteiger partial charge >= 0.3 is 12.1 Å². The number of amides is 1. The summed E-state index contributed by atoms with van der Waals surface area (Å²) in [6.07, 6.45) is -3.21. The normalized spacial score (nSPS) is 12.0. The molecule has 0 aliphatic heterocycles. The SMILES string of the molecule is COC(=O)C(=Cc1ccc(C(C)C)cc1)C(=O)Nc1cccc(C(F)(F)F)c1. The molecule has 0 atom stereocenters. The highest BCUT2D eigenvalue weighted by atomic mass is 19.4. The molecule has 2 aromatic rings. The number of rotatable bonds is 5. The monoisotopic (exact) mass is 391 g/mol. The van der Waals surface area contributed by atoms with Crippen molar-refractivity contribution in [2.75, 3.05) is 12.4 Å². The van der Waals surface area contributed by atoms with Crippen molar-refractivity contribution in [3.05, 3.63) is 70.8 Å². The van der Waals surface area contributed by atoms with Gasteiger partial charge in [-0.3, -0.25) is 4.79 Å². The molecule has 0 heterocycles. The number of halogens is 3. The zero-order chi connectivity index (χ0) is 20.9. The van der Waals surface area contributed by atoms with Gasteiger partial charge in [0.05, 0.1) is 12.7 Å². The van der Waals surface area contributed by atoms with Crippen LogP contribution in [-0.2, 0) is 20.5 Å². The molecule has 0 aliphatic rings. The molecule has 148 valence electrons. The van der Waals surface area contributed by atoms with E-state index in [1.165, 1.54) is 18.2 Å². The first-order valence-corrected chi connectivity index (χ1v) is 8.50. The maximum absolute atomic E-state index is 12.8. The average Bonchev–Trinajstić information content (AvgIpc) is 2.65. The standard InChI is InChI=1S/C21H20F3NO3/c1-13(2)15-9-7-14(8-10-15)11-18(20(27)28-3)19(26)25-17-6-4-5-16(12-17)21(22,23)24/h4-13H,1-3H3,(H,25,26). The maximum Gasteiger partial charge on any atom is 0.416 e. The number of methoxy groups -OCH3 is 1. The summed E-state index contributed by atoms with van der Waals surface area (Å²) in [5.41, 5.74) is 0.370. The van der Waals surface area contributed by atoms with E-state index >= 15 is 0 Å². The van der Waals surface area contributed by atoms with Gasteiger partial charge in [0, 0.05) is 5.69 Å².